The molecule has 0 aliphatic heterocycles. The molecule has 96 valence electrons. The number of hydrogen-bond acceptors (Lipinski definition) is 2. The molecule has 1 N–H and O–H groups in total. The number of benzene rings is 1. The number of aliphatic carboxylic acids is 1. The van der Waals surface area contributed by atoms with Crippen molar-refractivity contribution in [2.75, 3.05) is 0 Å². The standard InChI is InChI=1S/C13H14BrNO3/c1-8(13(17)18)15(9-6-7-9)12(16)10-4-2-3-5-11(10)14/h2-5,8-9H,6-7H2,1H3,(H,17,18). The second-order valence-electron chi connectivity index (χ2n) is 4.44. The van der Waals surface area contributed by atoms with Crippen LogP contribution in [-0.4, -0.2) is 34.0 Å². The van der Waals surface area contributed by atoms with Crippen molar-refractivity contribution in [2.24, 2.45) is 0 Å². The Labute approximate surface area is 114 Å². The topological polar surface area (TPSA) is 57.6 Å². The molecule has 0 bridgehead atoms. The molecule has 2 rings (SSSR count). The minimum atomic E-state index is -0.970. The molecule has 1 atom stereocenters. The minimum absolute atomic E-state index is 0.0655. The molecule has 18 heavy (non-hydrogen) atoms. The first-order valence-corrected chi connectivity index (χ1v) is 6.61. The summed E-state index contributed by atoms with van der Waals surface area (Å²) in [4.78, 5) is 25.0. The number of hydrogen-bond donors (Lipinski definition) is 1. The molecule has 0 aromatic heterocycles. The van der Waals surface area contributed by atoms with E-state index in [2.05, 4.69) is 15.9 Å². The molecule has 1 fully saturated rings. The van der Waals surface area contributed by atoms with Crippen LogP contribution in [0, 0.1) is 0 Å². The van der Waals surface area contributed by atoms with Crippen LogP contribution >= 0.6 is 15.9 Å². The highest BCUT2D eigenvalue weighted by Crippen LogP contribution is 2.31. The first kappa shape index (κ1) is 13.1. The maximum Gasteiger partial charge on any atom is 0.326 e. The van der Waals surface area contributed by atoms with Crippen molar-refractivity contribution >= 4 is 27.8 Å². The van der Waals surface area contributed by atoms with Crippen LogP contribution in [0.1, 0.15) is 30.1 Å². The molecule has 0 radical (unpaired) electrons. The van der Waals surface area contributed by atoms with Gasteiger partial charge in [-0.25, -0.2) is 4.79 Å². The molecule has 0 saturated heterocycles. The number of halogens is 1. The Hall–Kier alpha value is -1.36. The van der Waals surface area contributed by atoms with Crippen molar-refractivity contribution in [1.29, 1.82) is 0 Å². The summed E-state index contributed by atoms with van der Waals surface area (Å²) >= 11 is 3.33. The van der Waals surface area contributed by atoms with Crippen LogP contribution in [0.15, 0.2) is 28.7 Å². The first-order chi connectivity index (χ1) is 8.52. The van der Waals surface area contributed by atoms with E-state index in [1.54, 1.807) is 25.1 Å². The summed E-state index contributed by atoms with van der Waals surface area (Å²) in [5.74, 6) is -1.19. The maximum absolute atomic E-state index is 12.4. The van der Waals surface area contributed by atoms with Crippen molar-refractivity contribution in [1.82, 2.24) is 4.90 Å². The third-order valence-electron chi connectivity index (χ3n) is 3.05. The molecular formula is C13H14BrNO3. The van der Waals surface area contributed by atoms with E-state index in [-0.39, 0.29) is 11.9 Å². The summed E-state index contributed by atoms with van der Waals surface area (Å²) < 4.78 is 0.693. The number of rotatable bonds is 4. The van der Waals surface area contributed by atoms with E-state index in [0.717, 1.165) is 12.8 Å². The Bertz CT molecular complexity index is 485. The number of carbonyl (C=O) groups is 2. The quantitative estimate of drug-likeness (QED) is 0.929. The predicted molar refractivity (Wildman–Crippen MR) is 70.4 cm³/mol. The molecule has 1 aliphatic carbocycles. The van der Waals surface area contributed by atoms with Crippen LogP contribution in [0.2, 0.25) is 0 Å². The highest BCUT2D eigenvalue weighted by atomic mass is 79.9. The lowest BCUT2D eigenvalue weighted by atomic mass is 10.1. The van der Waals surface area contributed by atoms with Crippen LogP contribution in [0.5, 0.6) is 0 Å². The van der Waals surface area contributed by atoms with Crippen LogP contribution in [0.3, 0.4) is 0 Å². The van der Waals surface area contributed by atoms with Crippen LogP contribution in [-0.2, 0) is 4.79 Å². The summed E-state index contributed by atoms with van der Waals surface area (Å²) in [6, 6.07) is 6.35. The molecule has 1 aromatic rings. The predicted octanol–water partition coefficient (Wildman–Crippen LogP) is 2.53. The number of carbonyl (C=O) groups excluding carboxylic acids is 1. The largest absolute Gasteiger partial charge is 0.480 e. The Morgan fingerprint density at radius 2 is 2.00 bits per heavy atom. The fourth-order valence-corrected chi connectivity index (χ4v) is 2.36. The van der Waals surface area contributed by atoms with Gasteiger partial charge in [0, 0.05) is 10.5 Å². The molecule has 1 saturated carbocycles. The molecule has 1 amide bonds. The van der Waals surface area contributed by atoms with Crippen molar-refractivity contribution in [3.05, 3.63) is 34.3 Å². The van der Waals surface area contributed by atoms with E-state index in [1.165, 1.54) is 4.90 Å². The van der Waals surface area contributed by atoms with E-state index in [0.29, 0.717) is 10.0 Å². The van der Waals surface area contributed by atoms with Crippen molar-refractivity contribution < 1.29 is 14.7 Å². The van der Waals surface area contributed by atoms with Gasteiger partial charge in [0.1, 0.15) is 6.04 Å². The number of carboxylic acid groups (broad SMARTS) is 1. The summed E-state index contributed by atoms with van der Waals surface area (Å²) in [5.41, 5.74) is 0.512. The third-order valence-corrected chi connectivity index (χ3v) is 3.75. The zero-order valence-electron chi connectivity index (χ0n) is 9.97. The van der Waals surface area contributed by atoms with Crippen LogP contribution in [0.25, 0.3) is 0 Å². The number of carboxylic acids is 1. The second-order valence-corrected chi connectivity index (χ2v) is 5.29. The Balaban J connectivity index is 2.29. The summed E-state index contributed by atoms with van der Waals surface area (Å²) in [7, 11) is 0. The normalized spacial score (nSPS) is 16.1. The van der Waals surface area contributed by atoms with Gasteiger partial charge in [0.2, 0.25) is 0 Å². The zero-order chi connectivity index (χ0) is 13.3. The Morgan fingerprint density at radius 3 is 2.50 bits per heavy atom. The molecule has 1 aromatic carbocycles. The molecule has 1 aliphatic rings. The van der Waals surface area contributed by atoms with Gasteiger partial charge in [-0.05, 0) is 47.8 Å². The van der Waals surface area contributed by atoms with Gasteiger partial charge in [-0.2, -0.15) is 0 Å². The Morgan fingerprint density at radius 1 is 1.39 bits per heavy atom. The van der Waals surface area contributed by atoms with Gasteiger partial charge in [0.15, 0.2) is 0 Å². The van der Waals surface area contributed by atoms with E-state index in [4.69, 9.17) is 5.11 Å². The second kappa shape index (κ2) is 5.10. The van der Waals surface area contributed by atoms with Crippen molar-refractivity contribution in [3.63, 3.8) is 0 Å². The van der Waals surface area contributed by atoms with Gasteiger partial charge < -0.3 is 10.0 Å². The summed E-state index contributed by atoms with van der Waals surface area (Å²) in [5, 5.41) is 9.09. The smallest absolute Gasteiger partial charge is 0.326 e. The van der Waals surface area contributed by atoms with E-state index in [1.807, 2.05) is 6.07 Å². The highest BCUT2D eigenvalue weighted by molar-refractivity contribution is 9.10. The molecule has 0 spiro atoms. The fourth-order valence-electron chi connectivity index (χ4n) is 1.90. The lowest BCUT2D eigenvalue weighted by Crippen LogP contribution is -2.44. The van der Waals surface area contributed by atoms with Crippen LogP contribution in [0.4, 0.5) is 0 Å². The molecule has 4 nitrogen and oxygen atoms in total. The maximum atomic E-state index is 12.4. The van der Waals surface area contributed by atoms with Gasteiger partial charge in [-0.15, -0.1) is 0 Å². The summed E-state index contributed by atoms with van der Waals surface area (Å²) in [6.07, 6.45) is 1.77. The molecule has 0 heterocycles. The van der Waals surface area contributed by atoms with Crippen molar-refractivity contribution in [3.8, 4) is 0 Å². The average Bonchev–Trinajstić information content (AvgIpc) is 3.14. The van der Waals surface area contributed by atoms with E-state index in [9.17, 15) is 9.59 Å². The highest BCUT2D eigenvalue weighted by Gasteiger charge is 2.39. The number of nitrogens with zero attached hydrogens (tertiary/aromatic N) is 1. The van der Waals surface area contributed by atoms with Gasteiger partial charge in [0.05, 0.1) is 5.56 Å². The van der Waals surface area contributed by atoms with E-state index < -0.39 is 12.0 Å². The SMILES string of the molecule is CC(C(=O)O)N(C(=O)c1ccccc1Br)C1CC1. The lowest BCUT2D eigenvalue weighted by molar-refractivity contribution is -0.141. The lowest BCUT2D eigenvalue weighted by Gasteiger charge is -2.26. The van der Waals surface area contributed by atoms with Crippen molar-refractivity contribution in [2.45, 2.75) is 31.8 Å². The van der Waals surface area contributed by atoms with E-state index >= 15 is 0 Å². The monoisotopic (exact) mass is 311 g/mol. The average molecular weight is 312 g/mol. The molecule has 1 unspecified atom stereocenters. The molecule has 5 heteroatoms. The van der Waals surface area contributed by atoms with Crippen LogP contribution < -0.4 is 0 Å². The third kappa shape index (κ3) is 2.56. The summed E-state index contributed by atoms with van der Waals surface area (Å²) in [6.45, 7) is 1.55. The minimum Gasteiger partial charge on any atom is -0.480 e. The first-order valence-electron chi connectivity index (χ1n) is 5.82. The zero-order valence-corrected chi connectivity index (χ0v) is 11.6. The Kier molecular flexibility index (Phi) is 3.71. The van der Waals surface area contributed by atoms with Gasteiger partial charge in [-0.1, -0.05) is 12.1 Å². The fraction of sp³-hybridized carbons (Fsp3) is 0.385. The molecular weight excluding hydrogens is 298 g/mol. The van der Waals surface area contributed by atoms with Gasteiger partial charge in [-0.3, -0.25) is 4.79 Å². The number of amides is 1. The van der Waals surface area contributed by atoms with Gasteiger partial charge >= 0.3 is 5.97 Å². The van der Waals surface area contributed by atoms with Gasteiger partial charge in [0.25, 0.3) is 5.91 Å².